The highest BCUT2D eigenvalue weighted by Crippen LogP contribution is 2.64. The van der Waals surface area contributed by atoms with E-state index in [0.29, 0.717) is 0 Å². The molecule has 1 saturated carbocycles. The lowest BCUT2D eigenvalue weighted by atomic mass is 10.1. The van der Waals surface area contributed by atoms with E-state index in [0.717, 1.165) is 0 Å². The Balaban J connectivity index is 1.90. The molecule has 0 aliphatic heterocycles. The Morgan fingerprint density at radius 1 is 1.39 bits per heavy atom. The second-order valence-electron chi connectivity index (χ2n) is 5.74. The average molecular weight is 383 g/mol. The molecule has 0 saturated heterocycles. The molecule has 0 aromatic heterocycles. The van der Waals surface area contributed by atoms with Crippen LogP contribution in [-0.4, -0.2) is 34.8 Å². The molecular formula is C15H15Cl3FNO3. The van der Waals surface area contributed by atoms with E-state index in [1.54, 1.807) is 6.92 Å². The van der Waals surface area contributed by atoms with E-state index < -0.39 is 34.0 Å². The van der Waals surface area contributed by atoms with Crippen LogP contribution in [0.4, 0.5) is 4.39 Å². The van der Waals surface area contributed by atoms with Crippen LogP contribution in [0.1, 0.15) is 18.9 Å². The maximum atomic E-state index is 13.7. The minimum absolute atomic E-state index is 0.0336. The average Bonchev–Trinajstić information content (AvgIpc) is 2.99. The minimum atomic E-state index is -1.15. The fourth-order valence-corrected chi connectivity index (χ4v) is 2.94. The number of nitrogens with zero attached hydrogens (tertiary/aromatic N) is 1. The first-order chi connectivity index (χ1) is 10.6. The van der Waals surface area contributed by atoms with Crippen LogP contribution in [0, 0.1) is 11.2 Å². The molecule has 1 atom stereocenters. The van der Waals surface area contributed by atoms with Gasteiger partial charge in [0.1, 0.15) is 15.6 Å². The molecule has 0 N–H and O–H groups in total. The number of carbonyl (C=O) groups excluding carboxylic acids is 2. The molecule has 1 aromatic rings. The van der Waals surface area contributed by atoms with Gasteiger partial charge in [-0.05, 0) is 19.1 Å². The number of hydrogen-bond donors (Lipinski definition) is 0. The van der Waals surface area contributed by atoms with Crippen molar-refractivity contribution in [2.45, 2.75) is 24.2 Å². The van der Waals surface area contributed by atoms with Gasteiger partial charge in [0.15, 0.2) is 6.61 Å². The maximum absolute atomic E-state index is 13.7. The summed E-state index contributed by atoms with van der Waals surface area (Å²) in [5.41, 5.74) is -0.796. The molecule has 1 fully saturated rings. The third-order valence-electron chi connectivity index (χ3n) is 3.92. The predicted octanol–water partition coefficient (Wildman–Crippen LogP) is 3.56. The SMILES string of the molecule is CN(Cc1c(F)cccc1Cl)C(=O)COC(=O)C1(C)CC1(Cl)Cl. The van der Waals surface area contributed by atoms with E-state index in [9.17, 15) is 14.0 Å². The van der Waals surface area contributed by atoms with Gasteiger partial charge in [-0.25, -0.2) is 4.39 Å². The fraction of sp³-hybridized carbons (Fsp3) is 0.467. The molecule has 0 bridgehead atoms. The Kier molecular flexibility index (Phi) is 5.14. The molecule has 8 heteroatoms. The van der Waals surface area contributed by atoms with Crippen LogP contribution >= 0.6 is 34.8 Å². The molecule has 1 unspecified atom stereocenters. The van der Waals surface area contributed by atoms with Crippen LogP contribution in [0.25, 0.3) is 0 Å². The van der Waals surface area contributed by atoms with E-state index in [2.05, 4.69) is 0 Å². The van der Waals surface area contributed by atoms with E-state index >= 15 is 0 Å². The fourth-order valence-electron chi connectivity index (χ4n) is 2.03. The van der Waals surface area contributed by atoms with Gasteiger partial charge in [-0.15, -0.1) is 23.2 Å². The van der Waals surface area contributed by atoms with Gasteiger partial charge in [-0.2, -0.15) is 0 Å². The van der Waals surface area contributed by atoms with Crippen molar-refractivity contribution in [1.82, 2.24) is 4.90 Å². The summed E-state index contributed by atoms with van der Waals surface area (Å²) in [5, 5.41) is 0.223. The third kappa shape index (κ3) is 3.73. The van der Waals surface area contributed by atoms with Gasteiger partial charge >= 0.3 is 5.97 Å². The first-order valence-corrected chi connectivity index (χ1v) is 7.94. The summed E-state index contributed by atoms with van der Waals surface area (Å²) in [6.07, 6.45) is 0.275. The van der Waals surface area contributed by atoms with Crippen LogP contribution in [0.5, 0.6) is 0 Å². The van der Waals surface area contributed by atoms with Crippen molar-refractivity contribution in [2.24, 2.45) is 5.41 Å². The Labute approximate surface area is 148 Å². The van der Waals surface area contributed by atoms with Gasteiger partial charge in [0.05, 0.1) is 0 Å². The highest BCUT2D eigenvalue weighted by atomic mass is 35.5. The normalized spacial score (nSPS) is 21.7. The zero-order valence-electron chi connectivity index (χ0n) is 12.5. The molecule has 4 nitrogen and oxygen atoms in total. The monoisotopic (exact) mass is 381 g/mol. The van der Waals surface area contributed by atoms with Gasteiger partial charge in [0.25, 0.3) is 5.91 Å². The standard InChI is InChI=1S/C15H15Cl3FNO3/c1-14(8-15(14,17)18)13(22)23-7-12(21)20(2)6-9-10(16)4-3-5-11(9)19/h3-5H,6-8H2,1-2H3. The lowest BCUT2D eigenvalue weighted by Gasteiger charge is -2.19. The Hall–Kier alpha value is -1.04. The van der Waals surface area contributed by atoms with Crippen LogP contribution in [0.2, 0.25) is 5.02 Å². The third-order valence-corrected chi connectivity index (χ3v) is 5.37. The number of halogens is 4. The molecule has 23 heavy (non-hydrogen) atoms. The minimum Gasteiger partial charge on any atom is -0.455 e. The molecule has 2 rings (SSSR count). The van der Waals surface area contributed by atoms with Crippen molar-refractivity contribution in [3.05, 3.63) is 34.6 Å². The summed E-state index contributed by atoms with van der Waals surface area (Å²) in [6.45, 7) is 1.07. The summed E-state index contributed by atoms with van der Waals surface area (Å²) in [5.74, 6) is -1.63. The molecule has 126 valence electrons. The molecule has 1 amide bonds. The van der Waals surface area contributed by atoms with Gasteiger partial charge in [0.2, 0.25) is 0 Å². The summed E-state index contributed by atoms with van der Waals surface area (Å²) in [4.78, 5) is 25.1. The molecule has 1 aliphatic rings. The quantitative estimate of drug-likeness (QED) is 0.578. The Morgan fingerprint density at radius 3 is 2.52 bits per heavy atom. The number of ether oxygens (including phenoxy) is 1. The molecule has 1 aliphatic carbocycles. The summed E-state index contributed by atoms with van der Waals surface area (Å²) in [6, 6.07) is 4.27. The lowest BCUT2D eigenvalue weighted by Crippen LogP contribution is -2.33. The van der Waals surface area contributed by atoms with Gasteiger partial charge in [-0.3, -0.25) is 9.59 Å². The largest absolute Gasteiger partial charge is 0.455 e. The molecule has 0 radical (unpaired) electrons. The van der Waals surface area contributed by atoms with Crippen molar-refractivity contribution < 1.29 is 18.7 Å². The number of carbonyl (C=O) groups is 2. The first-order valence-electron chi connectivity index (χ1n) is 6.80. The number of rotatable bonds is 5. The number of alkyl halides is 2. The summed E-state index contributed by atoms with van der Waals surface area (Å²) >= 11 is 17.7. The van der Waals surface area contributed by atoms with Gasteiger partial charge in [0, 0.05) is 30.6 Å². The molecular weight excluding hydrogens is 368 g/mol. The number of likely N-dealkylation sites (N-methyl/N-ethyl adjacent to an activating group) is 1. The second kappa shape index (κ2) is 6.46. The van der Waals surface area contributed by atoms with Gasteiger partial charge < -0.3 is 9.64 Å². The summed E-state index contributed by atoms with van der Waals surface area (Å²) in [7, 11) is 1.46. The number of esters is 1. The number of amides is 1. The van der Waals surface area contributed by atoms with Crippen molar-refractivity contribution in [3.8, 4) is 0 Å². The first kappa shape index (κ1) is 18.3. The smallest absolute Gasteiger partial charge is 0.315 e. The Morgan fingerprint density at radius 2 is 2.00 bits per heavy atom. The second-order valence-corrected chi connectivity index (χ2v) is 7.63. The summed E-state index contributed by atoms with van der Waals surface area (Å²) < 4.78 is 17.5. The zero-order chi connectivity index (χ0) is 17.4. The highest BCUT2D eigenvalue weighted by Gasteiger charge is 2.69. The Bertz CT molecular complexity index is 633. The predicted molar refractivity (Wildman–Crippen MR) is 86.0 cm³/mol. The highest BCUT2D eigenvalue weighted by molar-refractivity contribution is 6.53. The van der Waals surface area contributed by atoms with Gasteiger partial charge in [-0.1, -0.05) is 17.7 Å². The van der Waals surface area contributed by atoms with Crippen LogP contribution in [-0.2, 0) is 20.9 Å². The van der Waals surface area contributed by atoms with E-state index in [1.807, 2.05) is 0 Å². The maximum Gasteiger partial charge on any atom is 0.315 e. The molecule has 0 spiro atoms. The van der Waals surface area contributed by atoms with E-state index in [4.69, 9.17) is 39.5 Å². The number of hydrogen-bond acceptors (Lipinski definition) is 3. The van der Waals surface area contributed by atoms with E-state index in [-0.39, 0.29) is 23.6 Å². The number of benzene rings is 1. The zero-order valence-corrected chi connectivity index (χ0v) is 14.8. The van der Waals surface area contributed by atoms with Crippen molar-refractivity contribution in [3.63, 3.8) is 0 Å². The molecule has 1 aromatic carbocycles. The van der Waals surface area contributed by atoms with Crippen molar-refractivity contribution in [1.29, 1.82) is 0 Å². The lowest BCUT2D eigenvalue weighted by molar-refractivity contribution is -0.156. The molecule has 0 heterocycles. The van der Waals surface area contributed by atoms with Crippen molar-refractivity contribution >= 4 is 46.7 Å². The topological polar surface area (TPSA) is 46.6 Å². The van der Waals surface area contributed by atoms with E-state index in [1.165, 1.54) is 30.1 Å². The van der Waals surface area contributed by atoms with Crippen LogP contribution < -0.4 is 0 Å². The van der Waals surface area contributed by atoms with Crippen LogP contribution in [0.15, 0.2) is 18.2 Å². The van der Waals surface area contributed by atoms with Crippen molar-refractivity contribution in [2.75, 3.05) is 13.7 Å². The van der Waals surface area contributed by atoms with Crippen LogP contribution in [0.3, 0.4) is 0 Å².